The molecule has 0 aliphatic heterocycles. The second kappa shape index (κ2) is 8.12. The third kappa shape index (κ3) is 5.57. The lowest BCUT2D eigenvalue weighted by molar-refractivity contribution is 0.0747. The summed E-state index contributed by atoms with van der Waals surface area (Å²) < 4.78 is 6.15. The smallest absolute Gasteiger partial charge is 0.255 e. The molecule has 1 amide bonds. The van der Waals surface area contributed by atoms with Gasteiger partial charge < -0.3 is 15.4 Å². The maximum atomic E-state index is 12.1. The van der Waals surface area contributed by atoms with Gasteiger partial charge in [-0.1, -0.05) is 0 Å². The number of pyridine rings is 1. The van der Waals surface area contributed by atoms with Crippen LogP contribution in [0.3, 0.4) is 0 Å². The number of anilines is 1. The maximum absolute atomic E-state index is 12.1. The highest BCUT2D eigenvalue weighted by molar-refractivity contribution is 9.10. The monoisotopic (exact) mass is 329 g/mol. The van der Waals surface area contributed by atoms with Gasteiger partial charge in [-0.25, -0.2) is 4.98 Å². The Kier molecular flexibility index (Phi) is 6.80. The molecule has 0 atom stereocenters. The second-order valence-corrected chi connectivity index (χ2v) is 5.17. The van der Waals surface area contributed by atoms with E-state index < -0.39 is 0 Å². The predicted octanol–water partition coefficient (Wildman–Crippen LogP) is 2.43. The lowest BCUT2D eigenvalue weighted by Crippen LogP contribution is -2.29. The summed E-state index contributed by atoms with van der Waals surface area (Å²) in [5.74, 6) is 0.435. The van der Waals surface area contributed by atoms with E-state index in [4.69, 9.17) is 4.74 Å². The first-order valence-electron chi connectivity index (χ1n) is 6.33. The fraction of sp³-hybridized carbons (Fsp3) is 0.538. The number of aromatic nitrogens is 1. The minimum Gasteiger partial charge on any atom is -0.377 e. The Bertz CT molecular complexity index is 424. The Morgan fingerprint density at radius 3 is 2.89 bits per heavy atom. The minimum absolute atomic E-state index is 0.155. The van der Waals surface area contributed by atoms with Crippen molar-refractivity contribution in [3.63, 3.8) is 0 Å². The number of nitrogens with zero attached hydrogens (tertiary/aromatic N) is 1. The summed E-state index contributed by atoms with van der Waals surface area (Å²) in [6.45, 7) is 7.58. The molecule has 0 aliphatic carbocycles. The van der Waals surface area contributed by atoms with Gasteiger partial charge in [-0.2, -0.15) is 0 Å². The van der Waals surface area contributed by atoms with Gasteiger partial charge in [0.25, 0.3) is 5.91 Å². The molecule has 106 valence electrons. The first kappa shape index (κ1) is 15.9. The third-order valence-corrected chi connectivity index (χ3v) is 2.72. The van der Waals surface area contributed by atoms with Gasteiger partial charge in [0.05, 0.1) is 18.3 Å². The van der Waals surface area contributed by atoms with E-state index in [9.17, 15) is 4.79 Å². The normalized spacial score (nSPS) is 10.6. The molecule has 1 rings (SSSR count). The third-order valence-electron chi connectivity index (χ3n) is 2.28. The first-order chi connectivity index (χ1) is 9.04. The van der Waals surface area contributed by atoms with E-state index in [1.54, 1.807) is 12.3 Å². The zero-order valence-electron chi connectivity index (χ0n) is 11.5. The molecule has 19 heavy (non-hydrogen) atoms. The van der Waals surface area contributed by atoms with Crippen LogP contribution in [0.2, 0.25) is 0 Å². The summed E-state index contributed by atoms with van der Waals surface area (Å²) in [5.41, 5.74) is 0.528. The van der Waals surface area contributed by atoms with Crippen LogP contribution in [0.4, 0.5) is 5.82 Å². The Hall–Kier alpha value is -1.14. The van der Waals surface area contributed by atoms with Gasteiger partial charge in [0.15, 0.2) is 0 Å². The van der Waals surface area contributed by atoms with Crippen molar-refractivity contribution in [3.8, 4) is 0 Å². The molecule has 0 radical (unpaired) electrons. The maximum Gasteiger partial charge on any atom is 0.255 e. The van der Waals surface area contributed by atoms with Crippen molar-refractivity contribution < 1.29 is 9.53 Å². The van der Waals surface area contributed by atoms with E-state index in [1.165, 1.54) is 0 Å². The number of amides is 1. The zero-order chi connectivity index (χ0) is 14.3. The number of hydrogen-bond donors (Lipinski definition) is 2. The molecule has 0 unspecified atom stereocenters. The van der Waals surface area contributed by atoms with Gasteiger partial charge in [0, 0.05) is 23.8 Å². The van der Waals surface area contributed by atoms with Gasteiger partial charge in [-0.05, 0) is 42.8 Å². The lowest BCUT2D eigenvalue weighted by atomic mass is 10.2. The number of rotatable bonds is 7. The van der Waals surface area contributed by atoms with E-state index in [1.807, 2.05) is 20.8 Å². The van der Waals surface area contributed by atoms with Crippen molar-refractivity contribution in [1.29, 1.82) is 0 Å². The highest BCUT2D eigenvalue weighted by atomic mass is 79.9. The Labute approximate surface area is 122 Å². The molecule has 1 aromatic heterocycles. The van der Waals surface area contributed by atoms with Gasteiger partial charge in [-0.15, -0.1) is 0 Å². The Morgan fingerprint density at radius 2 is 2.26 bits per heavy atom. The largest absolute Gasteiger partial charge is 0.377 e. The van der Waals surface area contributed by atoms with E-state index >= 15 is 0 Å². The van der Waals surface area contributed by atoms with E-state index in [0.29, 0.717) is 31.1 Å². The number of nitrogens with one attached hydrogen (secondary N) is 2. The summed E-state index contributed by atoms with van der Waals surface area (Å²) >= 11 is 3.32. The fourth-order valence-electron chi connectivity index (χ4n) is 1.48. The quantitative estimate of drug-likeness (QED) is 0.754. The summed E-state index contributed by atoms with van der Waals surface area (Å²) in [6.07, 6.45) is 1.83. The molecule has 0 aliphatic rings. The molecular weight excluding hydrogens is 310 g/mol. The second-order valence-electron chi connectivity index (χ2n) is 4.26. The number of carbonyl (C=O) groups excluding carboxylic acids is 1. The molecule has 0 bridgehead atoms. The van der Waals surface area contributed by atoms with Crippen molar-refractivity contribution in [1.82, 2.24) is 10.3 Å². The van der Waals surface area contributed by atoms with Crippen LogP contribution in [-0.4, -0.2) is 36.7 Å². The highest BCUT2D eigenvalue weighted by Gasteiger charge is 2.12. The lowest BCUT2D eigenvalue weighted by Gasteiger charge is -2.11. The average Bonchev–Trinajstić information content (AvgIpc) is 2.36. The van der Waals surface area contributed by atoms with E-state index in [2.05, 4.69) is 31.5 Å². The summed E-state index contributed by atoms with van der Waals surface area (Å²) in [5, 5.41) is 5.88. The summed E-state index contributed by atoms with van der Waals surface area (Å²) in [6, 6.07) is 1.75. The number of carbonyl (C=O) groups is 1. The van der Waals surface area contributed by atoms with Crippen molar-refractivity contribution in [2.75, 3.05) is 25.0 Å². The topological polar surface area (TPSA) is 63.2 Å². The van der Waals surface area contributed by atoms with Gasteiger partial charge in [0.2, 0.25) is 0 Å². The standard InChI is InChI=1S/C13H20BrN3O2/c1-4-15-12-11(7-10(14)8-17-12)13(18)16-5-6-19-9(2)3/h7-9H,4-6H2,1-3H3,(H,15,17)(H,16,18). The molecule has 1 aromatic rings. The molecular formula is C13H20BrN3O2. The van der Waals surface area contributed by atoms with Crippen LogP contribution in [0.1, 0.15) is 31.1 Å². The van der Waals surface area contributed by atoms with Crippen LogP contribution < -0.4 is 10.6 Å². The minimum atomic E-state index is -0.155. The summed E-state index contributed by atoms with van der Waals surface area (Å²) in [7, 11) is 0. The van der Waals surface area contributed by atoms with Crippen LogP contribution in [0.5, 0.6) is 0 Å². The van der Waals surface area contributed by atoms with Crippen LogP contribution in [0.25, 0.3) is 0 Å². The van der Waals surface area contributed by atoms with Gasteiger partial charge >= 0.3 is 0 Å². The van der Waals surface area contributed by atoms with Crippen LogP contribution in [-0.2, 0) is 4.74 Å². The predicted molar refractivity (Wildman–Crippen MR) is 79.5 cm³/mol. The van der Waals surface area contributed by atoms with Crippen molar-refractivity contribution >= 4 is 27.7 Å². The molecule has 5 nitrogen and oxygen atoms in total. The SMILES string of the molecule is CCNc1ncc(Br)cc1C(=O)NCCOC(C)C. The Balaban J connectivity index is 2.62. The van der Waals surface area contributed by atoms with Crippen molar-refractivity contribution in [2.45, 2.75) is 26.9 Å². The highest BCUT2D eigenvalue weighted by Crippen LogP contribution is 2.17. The summed E-state index contributed by atoms with van der Waals surface area (Å²) in [4.78, 5) is 16.3. The Morgan fingerprint density at radius 1 is 1.53 bits per heavy atom. The van der Waals surface area contributed by atoms with E-state index in [-0.39, 0.29) is 12.0 Å². The van der Waals surface area contributed by atoms with Crippen molar-refractivity contribution in [3.05, 3.63) is 22.3 Å². The fourth-order valence-corrected chi connectivity index (χ4v) is 1.81. The van der Waals surface area contributed by atoms with E-state index in [0.717, 1.165) is 4.47 Å². The van der Waals surface area contributed by atoms with Gasteiger partial charge in [-0.3, -0.25) is 4.79 Å². The molecule has 0 fully saturated rings. The van der Waals surface area contributed by atoms with Crippen LogP contribution in [0, 0.1) is 0 Å². The molecule has 1 heterocycles. The van der Waals surface area contributed by atoms with Crippen molar-refractivity contribution in [2.24, 2.45) is 0 Å². The average molecular weight is 330 g/mol. The first-order valence-corrected chi connectivity index (χ1v) is 7.13. The molecule has 0 spiro atoms. The van der Waals surface area contributed by atoms with Crippen LogP contribution in [0.15, 0.2) is 16.7 Å². The molecule has 2 N–H and O–H groups in total. The molecule has 0 saturated heterocycles. The number of hydrogen-bond acceptors (Lipinski definition) is 4. The van der Waals surface area contributed by atoms with Crippen LogP contribution >= 0.6 is 15.9 Å². The molecule has 0 aromatic carbocycles. The zero-order valence-corrected chi connectivity index (χ0v) is 13.1. The molecule has 0 saturated carbocycles. The molecule has 6 heteroatoms. The number of ether oxygens (including phenoxy) is 1. The van der Waals surface area contributed by atoms with Gasteiger partial charge in [0.1, 0.15) is 5.82 Å². The number of halogens is 1.